The first-order valence-electron chi connectivity index (χ1n) is 8.65. The first-order valence-corrected chi connectivity index (χ1v) is 9.03. The molecule has 4 rings (SSSR count). The summed E-state index contributed by atoms with van der Waals surface area (Å²) in [5.74, 6) is 0.225. The smallest absolute Gasteiger partial charge is 0.226 e. The van der Waals surface area contributed by atoms with E-state index in [1.165, 1.54) is 0 Å². The van der Waals surface area contributed by atoms with Gasteiger partial charge in [0.25, 0.3) is 0 Å². The molecule has 0 saturated carbocycles. The number of benzene rings is 1. The number of halogens is 1. The van der Waals surface area contributed by atoms with Crippen molar-refractivity contribution >= 4 is 17.5 Å². The molecule has 0 radical (unpaired) electrons. The van der Waals surface area contributed by atoms with Gasteiger partial charge in [0.1, 0.15) is 6.10 Å². The van der Waals surface area contributed by atoms with Crippen molar-refractivity contribution < 1.29 is 9.53 Å². The second-order valence-corrected chi connectivity index (χ2v) is 7.18. The second kappa shape index (κ2) is 6.77. The maximum atomic E-state index is 13.0. The van der Waals surface area contributed by atoms with E-state index in [9.17, 15) is 4.79 Å². The summed E-state index contributed by atoms with van der Waals surface area (Å²) in [7, 11) is 1.89. The van der Waals surface area contributed by atoms with E-state index < -0.39 is 0 Å². The Morgan fingerprint density at radius 3 is 2.92 bits per heavy atom. The number of hydrogen-bond donors (Lipinski definition) is 0. The molecular formula is C18H21ClN4O2. The molecule has 0 bridgehead atoms. The van der Waals surface area contributed by atoms with Gasteiger partial charge in [0.2, 0.25) is 5.91 Å². The summed E-state index contributed by atoms with van der Waals surface area (Å²) in [6.45, 7) is 1.80. The van der Waals surface area contributed by atoms with Crippen molar-refractivity contribution in [1.82, 2.24) is 19.9 Å². The standard InChI is InChI=1S/C18H21ClN4O2/c1-22-16-10-13(4-7-15(16)20-21-22)18(24)23-8-9-25-17(11-23)12-2-5-14(19)6-3-12/h2-3,5-6,13,17H,4,7-11H2,1H3. The molecule has 2 aromatic rings. The van der Waals surface area contributed by atoms with Gasteiger partial charge in [-0.1, -0.05) is 28.9 Å². The summed E-state index contributed by atoms with van der Waals surface area (Å²) in [5, 5.41) is 8.96. The monoisotopic (exact) mass is 360 g/mol. The van der Waals surface area contributed by atoms with Crippen LogP contribution in [0.15, 0.2) is 24.3 Å². The molecule has 1 aromatic heterocycles. The van der Waals surface area contributed by atoms with Gasteiger partial charge in [-0.3, -0.25) is 9.48 Å². The Kier molecular flexibility index (Phi) is 4.48. The Morgan fingerprint density at radius 1 is 1.32 bits per heavy atom. The van der Waals surface area contributed by atoms with Crippen LogP contribution in [0, 0.1) is 5.92 Å². The Morgan fingerprint density at radius 2 is 2.12 bits per heavy atom. The van der Waals surface area contributed by atoms with Gasteiger partial charge in [-0.15, -0.1) is 5.10 Å². The number of nitrogens with zero attached hydrogens (tertiary/aromatic N) is 4. The SMILES string of the molecule is Cn1nnc2c1CC(C(=O)N1CCOC(c3ccc(Cl)cc3)C1)CC2. The third kappa shape index (κ3) is 3.28. The zero-order valence-corrected chi connectivity index (χ0v) is 14.9. The lowest BCUT2D eigenvalue weighted by molar-refractivity contribution is -0.143. The van der Waals surface area contributed by atoms with E-state index >= 15 is 0 Å². The van der Waals surface area contributed by atoms with Crippen molar-refractivity contribution in [2.75, 3.05) is 19.7 Å². The van der Waals surface area contributed by atoms with E-state index in [0.717, 1.165) is 36.2 Å². The normalized spacial score (nSPS) is 23.4. The van der Waals surface area contributed by atoms with Crippen LogP contribution in [0.4, 0.5) is 0 Å². The average Bonchev–Trinajstić information content (AvgIpc) is 3.02. The Hall–Kier alpha value is -1.92. The second-order valence-electron chi connectivity index (χ2n) is 6.74. The molecule has 2 aliphatic rings. The van der Waals surface area contributed by atoms with Crippen molar-refractivity contribution in [2.45, 2.75) is 25.4 Å². The van der Waals surface area contributed by atoms with Crippen molar-refractivity contribution in [2.24, 2.45) is 13.0 Å². The quantitative estimate of drug-likeness (QED) is 0.823. The number of aryl methyl sites for hydroxylation is 2. The number of ether oxygens (including phenoxy) is 1. The average molecular weight is 361 g/mol. The maximum Gasteiger partial charge on any atom is 0.226 e. The molecule has 6 nitrogen and oxygen atoms in total. The van der Waals surface area contributed by atoms with Crippen molar-refractivity contribution in [3.05, 3.63) is 46.2 Å². The van der Waals surface area contributed by atoms with Crippen LogP contribution in [-0.4, -0.2) is 45.5 Å². The predicted molar refractivity (Wildman–Crippen MR) is 93.2 cm³/mol. The van der Waals surface area contributed by atoms with Gasteiger partial charge in [0.15, 0.2) is 0 Å². The predicted octanol–water partition coefficient (Wildman–Crippen LogP) is 2.17. The van der Waals surface area contributed by atoms with Crippen molar-refractivity contribution in [3.63, 3.8) is 0 Å². The van der Waals surface area contributed by atoms with Gasteiger partial charge in [0.05, 0.1) is 24.5 Å². The minimum Gasteiger partial charge on any atom is -0.370 e. The van der Waals surface area contributed by atoms with E-state index in [4.69, 9.17) is 16.3 Å². The number of fused-ring (bicyclic) bond motifs is 1. The van der Waals surface area contributed by atoms with Gasteiger partial charge >= 0.3 is 0 Å². The molecule has 1 amide bonds. The van der Waals surface area contributed by atoms with Gasteiger partial charge in [-0.25, -0.2) is 0 Å². The van der Waals surface area contributed by atoms with Crippen LogP contribution in [0.1, 0.15) is 29.5 Å². The fraction of sp³-hybridized carbons (Fsp3) is 0.500. The Bertz CT molecular complexity index is 774. The fourth-order valence-electron chi connectivity index (χ4n) is 3.71. The number of hydrogen-bond acceptors (Lipinski definition) is 4. The largest absolute Gasteiger partial charge is 0.370 e. The summed E-state index contributed by atoms with van der Waals surface area (Å²) in [6.07, 6.45) is 2.30. The molecular weight excluding hydrogens is 340 g/mol. The Balaban J connectivity index is 1.45. The fourth-order valence-corrected chi connectivity index (χ4v) is 3.83. The van der Waals surface area contributed by atoms with Crippen LogP contribution in [0.3, 0.4) is 0 Å². The molecule has 7 heteroatoms. The van der Waals surface area contributed by atoms with E-state index in [1.54, 1.807) is 4.68 Å². The van der Waals surface area contributed by atoms with Crippen LogP contribution in [-0.2, 0) is 29.4 Å². The highest BCUT2D eigenvalue weighted by Gasteiger charge is 2.33. The molecule has 2 unspecified atom stereocenters. The minimum atomic E-state index is -0.0903. The summed E-state index contributed by atoms with van der Waals surface area (Å²) in [4.78, 5) is 15.0. The Labute approximate surface area is 151 Å². The molecule has 1 saturated heterocycles. The van der Waals surface area contributed by atoms with Gasteiger partial charge < -0.3 is 9.64 Å². The maximum absolute atomic E-state index is 13.0. The van der Waals surface area contributed by atoms with Crippen LogP contribution >= 0.6 is 11.6 Å². The third-order valence-corrected chi connectivity index (χ3v) is 5.41. The third-order valence-electron chi connectivity index (χ3n) is 5.16. The summed E-state index contributed by atoms with van der Waals surface area (Å²) in [6, 6.07) is 7.66. The lowest BCUT2D eigenvalue weighted by Gasteiger charge is -2.36. The lowest BCUT2D eigenvalue weighted by atomic mass is 9.88. The molecule has 1 aromatic carbocycles. The van der Waals surface area contributed by atoms with Crippen LogP contribution in [0.5, 0.6) is 0 Å². The number of amides is 1. The lowest BCUT2D eigenvalue weighted by Crippen LogP contribution is -2.46. The van der Waals surface area contributed by atoms with Crippen molar-refractivity contribution in [3.8, 4) is 0 Å². The number of carbonyl (C=O) groups is 1. The molecule has 0 N–H and O–H groups in total. The molecule has 25 heavy (non-hydrogen) atoms. The highest BCUT2D eigenvalue weighted by Crippen LogP contribution is 2.28. The number of rotatable bonds is 2. The van der Waals surface area contributed by atoms with E-state index in [-0.39, 0.29) is 17.9 Å². The van der Waals surface area contributed by atoms with E-state index in [2.05, 4.69) is 10.3 Å². The molecule has 1 aliphatic heterocycles. The molecule has 132 valence electrons. The van der Waals surface area contributed by atoms with Crippen molar-refractivity contribution in [1.29, 1.82) is 0 Å². The first kappa shape index (κ1) is 16.5. The van der Waals surface area contributed by atoms with Crippen LogP contribution < -0.4 is 0 Å². The van der Waals surface area contributed by atoms with Crippen LogP contribution in [0.2, 0.25) is 5.02 Å². The number of aromatic nitrogens is 3. The number of morpholine rings is 1. The number of carbonyl (C=O) groups excluding carboxylic acids is 1. The molecule has 1 aliphatic carbocycles. The highest BCUT2D eigenvalue weighted by atomic mass is 35.5. The minimum absolute atomic E-state index is 0.00803. The highest BCUT2D eigenvalue weighted by molar-refractivity contribution is 6.30. The zero-order valence-electron chi connectivity index (χ0n) is 14.2. The van der Waals surface area contributed by atoms with Gasteiger partial charge in [-0.05, 0) is 30.5 Å². The topological polar surface area (TPSA) is 60.2 Å². The molecule has 2 heterocycles. The van der Waals surface area contributed by atoms with E-state index in [0.29, 0.717) is 24.7 Å². The molecule has 2 atom stereocenters. The zero-order chi connectivity index (χ0) is 17.4. The van der Waals surface area contributed by atoms with E-state index in [1.807, 2.05) is 36.2 Å². The molecule has 0 spiro atoms. The summed E-state index contributed by atoms with van der Waals surface area (Å²) in [5.41, 5.74) is 3.18. The first-order chi connectivity index (χ1) is 12.1. The summed E-state index contributed by atoms with van der Waals surface area (Å²) >= 11 is 5.96. The van der Waals surface area contributed by atoms with Gasteiger partial charge in [0, 0.05) is 31.0 Å². The molecule has 1 fully saturated rings. The van der Waals surface area contributed by atoms with Crippen LogP contribution in [0.25, 0.3) is 0 Å². The summed E-state index contributed by atoms with van der Waals surface area (Å²) < 4.78 is 7.67. The van der Waals surface area contributed by atoms with Gasteiger partial charge in [-0.2, -0.15) is 0 Å².